The summed E-state index contributed by atoms with van der Waals surface area (Å²) in [5.74, 6) is -0.736. The van der Waals surface area contributed by atoms with Gasteiger partial charge in [0.1, 0.15) is 10.7 Å². The lowest BCUT2D eigenvalue weighted by Crippen LogP contribution is -2.19. The molecule has 0 saturated carbocycles. The molecule has 0 bridgehead atoms. The largest absolute Gasteiger partial charge is 0.465 e. The standard InChI is InChI=1S/C6H5ClN2O3/c1-12-6(11)3-2-4(7)8-9-5(3)10/h2H,1H3,(H,9,10). The van der Waals surface area contributed by atoms with Crippen LogP contribution in [0.5, 0.6) is 0 Å². The molecule has 0 saturated heterocycles. The van der Waals surface area contributed by atoms with Gasteiger partial charge in [0.15, 0.2) is 0 Å². The van der Waals surface area contributed by atoms with Crippen molar-refractivity contribution in [3.63, 3.8) is 0 Å². The second-order valence-corrected chi connectivity index (χ2v) is 2.31. The maximum atomic E-state index is 10.9. The van der Waals surface area contributed by atoms with E-state index in [9.17, 15) is 9.59 Å². The molecule has 0 fully saturated rings. The molecule has 1 aromatic heterocycles. The number of carbonyl (C=O) groups is 1. The molecule has 0 aliphatic rings. The molecule has 0 aromatic carbocycles. The van der Waals surface area contributed by atoms with Crippen LogP contribution in [0.1, 0.15) is 10.4 Å². The minimum absolute atomic E-state index is 0.0370. The van der Waals surface area contributed by atoms with Crippen molar-refractivity contribution in [1.29, 1.82) is 0 Å². The van der Waals surface area contributed by atoms with Crippen LogP contribution < -0.4 is 5.56 Å². The monoisotopic (exact) mass is 188 g/mol. The van der Waals surface area contributed by atoms with E-state index in [1.807, 2.05) is 5.10 Å². The lowest BCUT2D eigenvalue weighted by atomic mass is 10.3. The second kappa shape index (κ2) is 3.36. The van der Waals surface area contributed by atoms with Crippen molar-refractivity contribution in [2.24, 2.45) is 0 Å². The molecular formula is C6H5ClN2O3. The van der Waals surface area contributed by atoms with Gasteiger partial charge in [-0.25, -0.2) is 9.89 Å². The van der Waals surface area contributed by atoms with Crippen molar-refractivity contribution in [3.8, 4) is 0 Å². The van der Waals surface area contributed by atoms with Crippen LogP contribution in [0.2, 0.25) is 5.15 Å². The fraction of sp³-hybridized carbons (Fsp3) is 0.167. The van der Waals surface area contributed by atoms with Gasteiger partial charge in [0.05, 0.1) is 7.11 Å². The summed E-state index contributed by atoms with van der Waals surface area (Å²) in [6.45, 7) is 0. The van der Waals surface area contributed by atoms with Crippen molar-refractivity contribution in [3.05, 3.63) is 27.1 Å². The molecule has 1 heterocycles. The molecule has 64 valence electrons. The molecule has 1 aromatic rings. The van der Waals surface area contributed by atoms with Crippen LogP contribution in [0.15, 0.2) is 10.9 Å². The van der Waals surface area contributed by atoms with Crippen molar-refractivity contribution >= 4 is 17.6 Å². The summed E-state index contributed by atoms with van der Waals surface area (Å²) in [6.07, 6.45) is 0. The molecule has 1 rings (SSSR count). The summed E-state index contributed by atoms with van der Waals surface area (Å²) in [6, 6.07) is 1.15. The molecule has 6 heteroatoms. The average molecular weight is 189 g/mol. The first-order chi connectivity index (χ1) is 5.65. The number of aromatic nitrogens is 2. The molecule has 0 atom stereocenters. The third-order valence-corrected chi connectivity index (χ3v) is 1.37. The van der Waals surface area contributed by atoms with E-state index in [1.54, 1.807) is 0 Å². The zero-order chi connectivity index (χ0) is 9.14. The Bertz CT molecular complexity index is 360. The quantitative estimate of drug-likeness (QED) is 0.640. The number of methoxy groups -OCH3 is 1. The number of halogens is 1. The Morgan fingerprint density at radius 2 is 2.42 bits per heavy atom. The van der Waals surface area contributed by atoms with Gasteiger partial charge in [-0.2, -0.15) is 5.10 Å². The highest BCUT2D eigenvalue weighted by Gasteiger charge is 2.10. The number of hydrogen-bond acceptors (Lipinski definition) is 4. The first-order valence-electron chi connectivity index (χ1n) is 2.98. The van der Waals surface area contributed by atoms with E-state index < -0.39 is 11.5 Å². The third-order valence-electron chi connectivity index (χ3n) is 1.18. The zero-order valence-electron chi connectivity index (χ0n) is 6.13. The van der Waals surface area contributed by atoms with E-state index in [1.165, 1.54) is 7.11 Å². The number of carbonyl (C=O) groups excluding carboxylic acids is 1. The Morgan fingerprint density at radius 1 is 1.75 bits per heavy atom. The molecule has 1 N–H and O–H groups in total. The number of nitrogens with one attached hydrogen (secondary N) is 1. The topological polar surface area (TPSA) is 72.0 Å². The number of nitrogens with zero attached hydrogens (tertiary/aromatic N) is 1. The van der Waals surface area contributed by atoms with Gasteiger partial charge in [0.2, 0.25) is 0 Å². The van der Waals surface area contributed by atoms with Gasteiger partial charge in [-0.3, -0.25) is 4.79 Å². The predicted octanol–water partition coefficient (Wildman–Crippen LogP) is 0.210. The molecule has 12 heavy (non-hydrogen) atoms. The lowest BCUT2D eigenvalue weighted by Gasteiger charge is -1.96. The van der Waals surface area contributed by atoms with E-state index in [0.29, 0.717) is 0 Å². The predicted molar refractivity (Wildman–Crippen MR) is 41.2 cm³/mol. The van der Waals surface area contributed by atoms with Gasteiger partial charge in [0.25, 0.3) is 5.56 Å². The molecule has 0 unspecified atom stereocenters. The fourth-order valence-corrected chi connectivity index (χ4v) is 0.794. The van der Waals surface area contributed by atoms with Gasteiger partial charge < -0.3 is 4.74 Å². The van der Waals surface area contributed by atoms with Crippen LogP contribution >= 0.6 is 11.6 Å². The maximum Gasteiger partial charge on any atom is 0.343 e. The van der Waals surface area contributed by atoms with E-state index >= 15 is 0 Å². The van der Waals surface area contributed by atoms with Crippen molar-refractivity contribution in [2.75, 3.05) is 7.11 Å². The van der Waals surface area contributed by atoms with Crippen LogP contribution in [-0.4, -0.2) is 23.3 Å². The smallest absolute Gasteiger partial charge is 0.343 e. The SMILES string of the molecule is COC(=O)c1cc(Cl)n[nH]c1=O. The van der Waals surface area contributed by atoms with E-state index in [4.69, 9.17) is 11.6 Å². The molecule has 0 spiro atoms. The highest BCUT2D eigenvalue weighted by molar-refractivity contribution is 6.29. The molecular weight excluding hydrogens is 184 g/mol. The van der Waals surface area contributed by atoms with Crippen molar-refractivity contribution < 1.29 is 9.53 Å². The highest BCUT2D eigenvalue weighted by Crippen LogP contribution is 2.02. The highest BCUT2D eigenvalue weighted by atomic mass is 35.5. The summed E-state index contributed by atoms with van der Waals surface area (Å²) in [4.78, 5) is 21.8. The van der Waals surface area contributed by atoms with Crippen LogP contribution in [0, 0.1) is 0 Å². The summed E-state index contributed by atoms with van der Waals surface area (Å²) in [5, 5.41) is 5.46. The molecule has 0 radical (unpaired) electrons. The maximum absolute atomic E-state index is 10.9. The molecule has 0 aliphatic carbocycles. The van der Waals surface area contributed by atoms with Crippen LogP contribution in [0.25, 0.3) is 0 Å². The summed E-state index contributed by atoms with van der Waals surface area (Å²) in [7, 11) is 1.18. The second-order valence-electron chi connectivity index (χ2n) is 1.93. The minimum atomic E-state index is -0.736. The molecule has 0 amide bonds. The van der Waals surface area contributed by atoms with Crippen LogP contribution in [-0.2, 0) is 4.74 Å². The minimum Gasteiger partial charge on any atom is -0.465 e. The molecule has 0 aliphatic heterocycles. The van der Waals surface area contributed by atoms with Crippen molar-refractivity contribution in [1.82, 2.24) is 10.2 Å². The fourth-order valence-electron chi connectivity index (χ4n) is 0.643. The number of ether oxygens (including phenoxy) is 1. The number of hydrogen-bond donors (Lipinski definition) is 1. The third kappa shape index (κ3) is 1.62. The van der Waals surface area contributed by atoms with Gasteiger partial charge >= 0.3 is 5.97 Å². The van der Waals surface area contributed by atoms with Crippen LogP contribution in [0.4, 0.5) is 0 Å². The summed E-state index contributed by atoms with van der Waals surface area (Å²) in [5.41, 5.74) is -0.774. The molecule has 5 nitrogen and oxygen atoms in total. The normalized spacial score (nSPS) is 9.50. The van der Waals surface area contributed by atoms with Crippen LogP contribution in [0.3, 0.4) is 0 Å². The average Bonchev–Trinajstić information content (AvgIpc) is 2.08. The van der Waals surface area contributed by atoms with E-state index in [2.05, 4.69) is 9.84 Å². The Labute approximate surface area is 72.3 Å². The lowest BCUT2D eigenvalue weighted by molar-refractivity contribution is 0.0598. The summed E-state index contributed by atoms with van der Waals surface area (Å²) >= 11 is 5.43. The Balaban J connectivity index is 3.23. The van der Waals surface area contributed by atoms with E-state index in [0.717, 1.165) is 6.07 Å². The number of H-pyrrole nitrogens is 1. The number of aromatic amines is 1. The van der Waals surface area contributed by atoms with Gasteiger partial charge in [-0.15, -0.1) is 0 Å². The number of rotatable bonds is 1. The first kappa shape index (κ1) is 8.73. The van der Waals surface area contributed by atoms with Crippen molar-refractivity contribution in [2.45, 2.75) is 0 Å². The van der Waals surface area contributed by atoms with Gasteiger partial charge in [0, 0.05) is 0 Å². The first-order valence-corrected chi connectivity index (χ1v) is 3.36. The summed E-state index contributed by atoms with van der Waals surface area (Å²) < 4.78 is 4.33. The van der Waals surface area contributed by atoms with Gasteiger partial charge in [-0.05, 0) is 6.07 Å². The number of esters is 1. The van der Waals surface area contributed by atoms with Gasteiger partial charge in [-0.1, -0.05) is 11.6 Å². The Morgan fingerprint density at radius 3 is 3.00 bits per heavy atom. The Hall–Kier alpha value is -1.36. The van der Waals surface area contributed by atoms with E-state index in [-0.39, 0.29) is 10.7 Å². The zero-order valence-corrected chi connectivity index (χ0v) is 6.88. The Kier molecular flexibility index (Phi) is 2.44.